The average Bonchev–Trinajstić information content (AvgIpc) is 2.79. The number of fused-ring (bicyclic) bond motifs is 4. The van der Waals surface area contributed by atoms with E-state index in [0.29, 0.717) is 12.0 Å². The molecule has 114 valence electrons. The Morgan fingerprint density at radius 3 is 2.95 bits per heavy atom. The monoisotopic (exact) mass is 289 g/mol. The Hall–Kier alpha value is -1.62. The highest BCUT2D eigenvalue weighted by Crippen LogP contribution is 2.28. The molecule has 1 aromatic heterocycles. The molecule has 2 bridgehead atoms. The predicted molar refractivity (Wildman–Crippen MR) is 81.3 cm³/mol. The van der Waals surface area contributed by atoms with Gasteiger partial charge in [0.15, 0.2) is 0 Å². The van der Waals surface area contributed by atoms with Gasteiger partial charge in [-0.05, 0) is 43.9 Å². The van der Waals surface area contributed by atoms with Gasteiger partial charge in [0.25, 0.3) is 11.5 Å². The van der Waals surface area contributed by atoms with Crippen molar-refractivity contribution in [2.45, 2.75) is 32.2 Å². The molecule has 3 aliphatic heterocycles. The Morgan fingerprint density at radius 2 is 2.19 bits per heavy atom. The minimum Gasteiger partial charge on any atom is -0.337 e. The number of carbonyl (C=O) groups is 1. The smallest absolute Gasteiger partial charge is 0.260 e. The van der Waals surface area contributed by atoms with Crippen LogP contribution in [0.5, 0.6) is 0 Å². The van der Waals surface area contributed by atoms with Gasteiger partial charge in [0.2, 0.25) is 0 Å². The highest BCUT2D eigenvalue weighted by molar-refractivity contribution is 5.93. The summed E-state index contributed by atoms with van der Waals surface area (Å²) in [5.41, 5.74) is -0.0228. The third kappa shape index (κ3) is 2.88. The number of H-pyrrole nitrogens is 1. The molecule has 1 N–H and O–H groups in total. The van der Waals surface area contributed by atoms with Crippen LogP contribution in [-0.4, -0.2) is 52.9 Å². The van der Waals surface area contributed by atoms with E-state index in [4.69, 9.17) is 0 Å². The van der Waals surface area contributed by atoms with Gasteiger partial charge in [0, 0.05) is 31.9 Å². The van der Waals surface area contributed by atoms with Crippen LogP contribution in [0.25, 0.3) is 0 Å². The van der Waals surface area contributed by atoms with E-state index in [2.05, 4.69) is 16.8 Å². The molecule has 0 saturated carbocycles. The topological polar surface area (TPSA) is 56.4 Å². The van der Waals surface area contributed by atoms with Crippen LogP contribution in [0, 0.1) is 5.92 Å². The summed E-state index contributed by atoms with van der Waals surface area (Å²) in [5, 5.41) is 0. The van der Waals surface area contributed by atoms with Crippen molar-refractivity contribution in [1.82, 2.24) is 14.8 Å². The fourth-order valence-corrected chi connectivity index (χ4v) is 3.67. The first-order valence-corrected chi connectivity index (χ1v) is 7.90. The van der Waals surface area contributed by atoms with Crippen molar-refractivity contribution in [1.29, 1.82) is 0 Å². The predicted octanol–water partition coefficient (Wildman–Crippen LogP) is 1.32. The van der Waals surface area contributed by atoms with E-state index in [9.17, 15) is 9.59 Å². The van der Waals surface area contributed by atoms with Gasteiger partial charge in [-0.1, -0.05) is 6.92 Å². The number of rotatable bonds is 3. The van der Waals surface area contributed by atoms with Crippen molar-refractivity contribution >= 4 is 5.91 Å². The van der Waals surface area contributed by atoms with Crippen molar-refractivity contribution in [3.8, 4) is 0 Å². The normalized spacial score (nSPS) is 25.9. The van der Waals surface area contributed by atoms with Crippen molar-refractivity contribution in [3.63, 3.8) is 0 Å². The standard InChI is InChI=1S/C16H23N3O2/c1-2-8-18-9-12-5-6-13(18)11-19(10-12)16(21)14-4-3-7-17-15(14)20/h3-4,7,12-13H,2,5-6,8-11H2,1H3,(H,17,20)/t12-,13-/m1/s1. The summed E-state index contributed by atoms with van der Waals surface area (Å²) in [6, 6.07) is 3.79. The molecule has 1 aromatic rings. The van der Waals surface area contributed by atoms with Crippen LogP contribution in [-0.2, 0) is 0 Å². The number of pyridine rings is 1. The van der Waals surface area contributed by atoms with E-state index >= 15 is 0 Å². The molecule has 0 aromatic carbocycles. The minimum absolute atomic E-state index is 0.118. The summed E-state index contributed by atoms with van der Waals surface area (Å²) in [5.74, 6) is 0.425. The van der Waals surface area contributed by atoms with E-state index in [0.717, 1.165) is 32.6 Å². The highest BCUT2D eigenvalue weighted by Gasteiger charge is 2.36. The highest BCUT2D eigenvalue weighted by atomic mass is 16.2. The Balaban J connectivity index is 1.80. The fraction of sp³-hybridized carbons (Fsp3) is 0.625. The van der Waals surface area contributed by atoms with Gasteiger partial charge < -0.3 is 9.88 Å². The second-order valence-electron chi connectivity index (χ2n) is 6.22. The Morgan fingerprint density at radius 1 is 1.33 bits per heavy atom. The number of aromatic amines is 1. The van der Waals surface area contributed by atoms with Crippen molar-refractivity contribution in [2.75, 3.05) is 26.2 Å². The van der Waals surface area contributed by atoms with Crippen LogP contribution >= 0.6 is 0 Å². The maximum atomic E-state index is 12.6. The molecular weight excluding hydrogens is 266 g/mol. The van der Waals surface area contributed by atoms with Gasteiger partial charge in [-0.25, -0.2) is 0 Å². The summed E-state index contributed by atoms with van der Waals surface area (Å²) in [7, 11) is 0. The van der Waals surface area contributed by atoms with Crippen LogP contribution in [0.3, 0.4) is 0 Å². The SMILES string of the molecule is CCCN1C[C@H]2CC[C@@H]1CN(C(=O)c1ccc[nH]c1=O)C2. The lowest BCUT2D eigenvalue weighted by molar-refractivity contribution is 0.0736. The fourth-order valence-electron chi connectivity index (χ4n) is 3.67. The molecule has 2 atom stereocenters. The molecule has 3 fully saturated rings. The second-order valence-corrected chi connectivity index (χ2v) is 6.22. The van der Waals surface area contributed by atoms with Gasteiger partial charge >= 0.3 is 0 Å². The van der Waals surface area contributed by atoms with Gasteiger partial charge in [-0.15, -0.1) is 0 Å². The molecule has 4 heterocycles. The Bertz CT molecular complexity index is 569. The molecule has 0 radical (unpaired) electrons. The average molecular weight is 289 g/mol. The molecular formula is C16H23N3O2. The van der Waals surface area contributed by atoms with Crippen LogP contribution in [0.15, 0.2) is 23.1 Å². The Labute approximate surface area is 124 Å². The van der Waals surface area contributed by atoms with Crippen molar-refractivity contribution in [3.05, 3.63) is 34.2 Å². The van der Waals surface area contributed by atoms with Crippen LogP contribution in [0.2, 0.25) is 0 Å². The number of aromatic nitrogens is 1. The molecule has 4 rings (SSSR count). The number of hydrogen-bond donors (Lipinski definition) is 1. The first-order valence-electron chi connectivity index (χ1n) is 7.90. The summed E-state index contributed by atoms with van der Waals surface area (Å²) in [6.07, 6.45) is 5.07. The van der Waals surface area contributed by atoms with Gasteiger partial charge in [0.1, 0.15) is 5.56 Å². The van der Waals surface area contributed by atoms with E-state index in [-0.39, 0.29) is 17.0 Å². The van der Waals surface area contributed by atoms with Crippen molar-refractivity contribution in [2.24, 2.45) is 5.92 Å². The van der Waals surface area contributed by atoms with Gasteiger partial charge in [0.05, 0.1) is 0 Å². The van der Waals surface area contributed by atoms with Gasteiger partial charge in [-0.2, -0.15) is 0 Å². The summed E-state index contributed by atoms with van der Waals surface area (Å²) < 4.78 is 0. The zero-order valence-electron chi connectivity index (χ0n) is 12.5. The molecule has 0 aliphatic carbocycles. The molecule has 0 unspecified atom stereocenters. The zero-order chi connectivity index (χ0) is 14.8. The molecule has 5 nitrogen and oxygen atoms in total. The minimum atomic E-state index is -0.287. The molecule has 3 saturated heterocycles. The first kappa shape index (κ1) is 14.3. The second kappa shape index (κ2) is 6.02. The lowest BCUT2D eigenvalue weighted by Gasteiger charge is -2.35. The quantitative estimate of drug-likeness (QED) is 0.913. The lowest BCUT2D eigenvalue weighted by Crippen LogP contribution is -2.45. The summed E-state index contributed by atoms with van der Waals surface area (Å²) >= 11 is 0. The largest absolute Gasteiger partial charge is 0.337 e. The molecule has 1 amide bonds. The number of hydrogen-bond acceptors (Lipinski definition) is 3. The molecule has 5 heteroatoms. The Kier molecular flexibility index (Phi) is 4.10. The van der Waals surface area contributed by atoms with E-state index in [1.54, 1.807) is 18.3 Å². The third-order valence-electron chi connectivity index (χ3n) is 4.67. The number of nitrogens with one attached hydrogen (secondary N) is 1. The van der Waals surface area contributed by atoms with Crippen molar-refractivity contribution < 1.29 is 4.79 Å². The van der Waals surface area contributed by atoms with E-state index < -0.39 is 0 Å². The molecule has 21 heavy (non-hydrogen) atoms. The van der Waals surface area contributed by atoms with E-state index in [1.807, 2.05) is 4.90 Å². The number of piperidine rings is 1. The molecule has 3 aliphatic rings. The van der Waals surface area contributed by atoms with Crippen LogP contribution in [0.4, 0.5) is 0 Å². The maximum absolute atomic E-state index is 12.6. The third-order valence-corrected chi connectivity index (χ3v) is 4.67. The van der Waals surface area contributed by atoms with Gasteiger partial charge in [-0.3, -0.25) is 14.5 Å². The maximum Gasteiger partial charge on any atom is 0.260 e. The van der Waals surface area contributed by atoms with Crippen LogP contribution < -0.4 is 5.56 Å². The zero-order valence-corrected chi connectivity index (χ0v) is 12.5. The number of amides is 1. The molecule has 0 spiro atoms. The lowest BCUT2D eigenvalue weighted by atomic mass is 9.95. The number of nitrogens with zero attached hydrogens (tertiary/aromatic N) is 2. The number of carbonyl (C=O) groups excluding carboxylic acids is 1. The summed E-state index contributed by atoms with van der Waals surface area (Å²) in [4.78, 5) is 31.5. The van der Waals surface area contributed by atoms with E-state index in [1.165, 1.54) is 12.8 Å². The van der Waals surface area contributed by atoms with Crippen LogP contribution in [0.1, 0.15) is 36.5 Å². The summed E-state index contributed by atoms with van der Waals surface area (Å²) in [6.45, 7) is 5.93. The first-order chi connectivity index (χ1) is 10.2.